The molecule has 0 radical (unpaired) electrons. The molecule has 31 heavy (non-hydrogen) atoms. The summed E-state index contributed by atoms with van der Waals surface area (Å²) in [7, 11) is 1.89. The molecule has 160 valence electrons. The summed E-state index contributed by atoms with van der Waals surface area (Å²) in [4.78, 5) is 6.23. The molecule has 0 saturated carbocycles. The van der Waals surface area contributed by atoms with Gasteiger partial charge in [0.15, 0.2) is 5.82 Å². The van der Waals surface area contributed by atoms with Crippen molar-refractivity contribution in [2.24, 2.45) is 0 Å². The number of aromatic nitrogens is 3. The first kappa shape index (κ1) is 19.9. The van der Waals surface area contributed by atoms with Gasteiger partial charge in [-0.3, -0.25) is 4.98 Å². The zero-order valence-electron chi connectivity index (χ0n) is 17.4. The van der Waals surface area contributed by atoms with E-state index in [4.69, 9.17) is 0 Å². The van der Waals surface area contributed by atoms with Crippen molar-refractivity contribution in [3.63, 3.8) is 0 Å². The van der Waals surface area contributed by atoms with E-state index in [0.717, 1.165) is 36.9 Å². The van der Waals surface area contributed by atoms with Crippen molar-refractivity contribution in [3.05, 3.63) is 54.7 Å². The number of alkyl halides is 1. The highest BCUT2D eigenvalue weighted by Crippen LogP contribution is 2.34. The fraction of sp³-hybridized carbons (Fsp3) is 0.375. The summed E-state index contributed by atoms with van der Waals surface area (Å²) in [6.07, 6.45) is 4.65. The number of nitrogens with zero attached hydrogens (tertiary/aromatic N) is 4. The zero-order valence-corrected chi connectivity index (χ0v) is 17.4. The number of halogens is 1. The normalized spacial score (nSPS) is 25.2. The molecule has 0 amide bonds. The van der Waals surface area contributed by atoms with Crippen LogP contribution in [0.1, 0.15) is 25.7 Å². The summed E-state index contributed by atoms with van der Waals surface area (Å²) in [6, 6.07) is 14.8. The smallest absolute Gasteiger partial charge is 0.151 e. The molecule has 4 heterocycles. The van der Waals surface area contributed by atoms with Gasteiger partial charge in [-0.1, -0.05) is 18.6 Å². The average Bonchev–Trinajstić information content (AvgIpc) is 2.82. The number of fused-ring (bicyclic) bond motifs is 2. The van der Waals surface area contributed by atoms with Gasteiger partial charge in [0.1, 0.15) is 11.9 Å². The molecule has 3 aromatic rings. The van der Waals surface area contributed by atoms with Crippen molar-refractivity contribution in [1.82, 2.24) is 20.5 Å². The first-order valence-corrected chi connectivity index (χ1v) is 10.8. The predicted molar refractivity (Wildman–Crippen MR) is 119 cm³/mol. The van der Waals surface area contributed by atoms with Crippen LogP contribution in [0.3, 0.4) is 0 Å². The van der Waals surface area contributed by atoms with Crippen molar-refractivity contribution in [2.45, 2.75) is 50.0 Å². The Bertz CT molecular complexity index is 1050. The number of anilines is 1. The minimum atomic E-state index is -0.925. The van der Waals surface area contributed by atoms with Crippen LogP contribution in [-0.4, -0.2) is 51.6 Å². The van der Waals surface area contributed by atoms with Gasteiger partial charge in [-0.15, -0.1) is 10.2 Å². The first-order valence-electron chi connectivity index (χ1n) is 10.8. The maximum atomic E-state index is 15.0. The van der Waals surface area contributed by atoms with Crippen molar-refractivity contribution in [1.29, 1.82) is 0 Å². The third-order valence-electron chi connectivity index (χ3n) is 6.54. The zero-order chi connectivity index (χ0) is 21.4. The van der Waals surface area contributed by atoms with Crippen LogP contribution in [0.2, 0.25) is 0 Å². The largest absolute Gasteiger partial charge is 0.507 e. The topological polar surface area (TPSA) is 74.2 Å². The third-order valence-corrected chi connectivity index (χ3v) is 6.54. The fourth-order valence-corrected chi connectivity index (χ4v) is 4.82. The van der Waals surface area contributed by atoms with Crippen LogP contribution in [0, 0.1) is 0 Å². The van der Waals surface area contributed by atoms with Gasteiger partial charge in [-0.2, -0.15) is 0 Å². The van der Waals surface area contributed by atoms with Crippen LogP contribution in [0.4, 0.5) is 10.2 Å². The van der Waals surface area contributed by atoms with Crippen molar-refractivity contribution < 1.29 is 9.50 Å². The van der Waals surface area contributed by atoms with Crippen LogP contribution in [0.15, 0.2) is 54.7 Å². The number of benzene rings is 1. The molecule has 2 aliphatic heterocycles. The molecule has 0 spiro atoms. The number of rotatable bonds is 4. The number of hydrogen-bond acceptors (Lipinski definition) is 6. The van der Waals surface area contributed by atoms with Gasteiger partial charge in [0, 0.05) is 36.5 Å². The number of aromatic hydroxyl groups is 1. The molecule has 6 nitrogen and oxygen atoms in total. The second kappa shape index (κ2) is 8.23. The highest BCUT2D eigenvalue weighted by Gasteiger charge is 2.41. The summed E-state index contributed by atoms with van der Waals surface area (Å²) in [5.41, 5.74) is 2.79. The number of pyridine rings is 1. The summed E-state index contributed by atoms with van der Waals surface area (Å²) in [5, 5.41) is 22.6. The van der Waals surface area contributed by atoms with E-state index in [1.54, 1.807) is 12.3 Å². The van der Waals surface area contributed by atoms with E-state index < -0.39 is 6.17 Å². The standard InChI is InChI=1S/C24H26FN5O/c1-30(21-14-16-5-4-7-20(27-16)24(21)25)23-11-10-19(28-29-23)17-9-8-15(13-22(17)31)18-6-2-3-12-26-18/h2-3,6,8-13,16,20-21,24,27,31H,4-5,7,14H2,1H3/t16-,20+,21+,24-/m1/s1. The number of phenolic OH excluding ortho intramolecular Hbond substituents is 1. The molecule has 2 N–H and O–H groups in total. The number of piperidine rings is 2. The van der Waals surface area contributed by atoms with Crippen molar-refractivity contribution in [3.8, 4) is 28.3 Å². The fourth-order valence-electron chi connectivity index (χ4n) is 4.82. The Hall–Kier alpha value is -3.06. The first-order chi connectivity index (χ1) is 15.1. The lowest BCUT2D eigenvalue weighted by Gasteiger charge is -2.46. The molecule has 2 aliphatic rings. The van der Waals surface area contributed by atoms with Crippen LogP contribution in [0.5, 0.6) is 5.75 Å². The van der Waals surface area contributed by atoms with Gasteiger partial charge in [-0.25, -0.2) is 4.39 Å². The van der Waals surface area contributed by atoms with Gasteiger partial charge in [-0.05, 0) is 55.7 Å². The lowest BCUT2D eigenvalue weighted by atomic mass is 9.82. The Balaban J connectivity index is 1.35. The van der Waals surface area contributed by atoms with Crippen LogP contribution < -0.4 is 10.2 Å². The summed E-state index contributed by atoms with van der Waals surface area (Å²) < 4.78 is 15.0. The van der Waals surface area contributed by atoms with Crippen LogP contribution in [-0.2, 0) is 0 Å². The highest BCUT2D eigenvalue weighted by atomic mass is 19.1. The van der Waals surface area contributed by atoms with E-state index in [-0.39, 0.29) is 17.8 Å². The summed E-state index contributed by atoms with van der Waals surface area (Å²) in [6.45, 7) is 0. The SMILES string of the molecule is CN(c1ccc(-c2ccc(-c3ccccn3)cc2O)nn1)[C@H]1C[C@H]2CCC[C@H](N2)[C@H]1F. The Labute approximate surface area is 181 Å². The molecule has 2 aromatic heterocycles. The van der Waals surface area contributed by atoms with Crippen molar-refractivity contribution in [2.75, 3.05) is 11.9 Å². The van der Waals surface area contributed by atoms with Gasteiger partial charge in [0.25, 0.3) is 0 Å². The van der Waals surface area contributed by atoms with E-state index in [9.17, 15) is 5.11 Å². The molecule has 1 aromatic carbocycles. The second-order valence-electron chi connectivity index (χ2n) is 8.48. The Kier molecular flexibility index (Phi) is 5.28. The lowest BCUT2D eigenvalue weighted by molar-refractivity contribution is 0.107. The second-order valence-corrected chi connectivity index (χ2v) is 8.48. The van der Waals surface area contributed by atoms with E-state index in [1.165, 1.54) is 0 Å². The van der Waals surface area contributed by atoms with Gasteiger partial charge >= 0.3 is 0 Å². The Morgan fingerprint density at radius 3 is 2.71 bits per heavy atom. The maximum Gasteiger partial charge on any atom is 0.151 e. The number of phenols is 1. The maximum absolute atomic E-state index is 15.0. The minimum absolute atomic E-state index is 0.0678. The number of hydrogen-bond donors (Lipinski definition) is 2. The van der Waals surface area contributed by atoms with Gasteiger partial charge < -0.3 is 15.3 Å². The summed E-state index contributed by atoms with van der Waals surface area (Å²) in [5.74, 6) is 0.759. The van der Waals surface area contributed by atoms with Crippen LogP contribution in [0.25, 0.3) is 22.5 Å². The van der Waals surface area contributed by atoms with E-state index in [2.05, 4.69) is 20.5 Å². The molecule has 5 rings (SSSR count). The van der Waals surface area contributed by atoms with E-state index in [1.807, 2.05) is 54.4 Å². The molecule has 0 unspecified atom stereocenters. The highest BCUT2D eigenvalue weighted by molar-refractivity contribution is 5.73. The Morgan fingerprint density at radius 2 is 1.97 bits per heavy atom. The molecule has 4 atom stereocenters. The lowest BCUT2D eigenvalue weighted by Crippen LogP contribution is -2.61. The molecule has 7 heteroatoms. The number of nitrogens with one attached hydrogen (secondary N) is 1. The molecule has 2 fully saturated rings. The Morgan fingerprint density at radius 1 is 1.06 bits per heavy atom. The molecular formula is C24H26FN5O. The minimum Gasteiger partial charge on any atom is -0.507 e. The van der Waals surface area contributed by atoms with E-state index >= 15 is 4.39 Å². The monoisotopic (exact) mass is 419 g/mol. The van der Waals surface area contributed by atoms with E-state index in [0.29, 0.717) is 23.1 Å². The quantitative estimate of drug-likeness (QED) is 0.667. The molecule has 2 saturated heterocycles. The summed E-state index contributed by atoms with van der Waals surface area (Å²) >= 11 is 0. The molecule has 2 bridgehead atoms. The molecule has 0 aliphatic carbocycles. The average molecular weight is 420 g/mol. The van der Waals surface area contributed by atoms with Crippen molar-refractivity contribution >= 4 is 5.82 Å². The third kappa shape index (κ3) is 3.85. The van der Waals surface area contributed by atoms with Gasteiger partial charge in [0.05, 0.1) is 17.4 Å². The predicted octanol–water partition coefficient (Wildman–Crippen LogP) is 3.97. The van der Waals surface area contributed by atoms with Crippen LogP contribution >= 0.6 is 0 Å². The van der Waals surface area contributed by atoms with Gasteiger partial charge in [0.2, 0.25) is 0 Å². The molecular weight excluding hydrogens is 393 g/mol.